The highest BCUT2D eigenvalue weighted by Gasteiger charge is 2.26. The number of urea groups is 1. The van der Waals surface area contributed by atoms with Crippen molar-refractivity contribution in [3.63, 3.8) is 0 Å². The predicted molar refractivity (Wildman–Crippen MR) is 130 cm³/mol. The van der Waals surface area contributed by atoms with Gasteiger partial charge in [-0.2, -0.15) is 0 Å². The first-order valence-corrected chi connectivity index (χ1v) is 12.3. The van der Waals surface area contributed by atoms with Crippen LogP contribution >= 0.6 is 11.8 Å². The van der Waals surface area contributed by atoms with E-state index >= 15 is 0 Å². The Balaban J connectivity index is 1.91. The van der Waals surface area contributed by atoms with Crippen molar-refractivity contribution in [1.82, 2.24) is 25.4 Å². The van der Waals surface area contributed by atoms with Crippen LogP contribution in [0.15, 0.2) is 17.3 Å². The third-order valence-corrected chi connectivity index (χ3v) is 6.48. The second-order valence-corrected chi connectivity index (χ2v) is 9.29. The number of methoxy groups -OCH3 is 3. The first kappa shape index (κ1) is 25.7. The number of hydrogen-bond acceptors (Lipinski definition) is 8. The lowest BCUT2D eigenvalue weighted by molar-refractivity contribution is -0.117. The second-order valence-electron chi connectivity index (χ2n) is 8.35. The molecule has 1 aliphatic carbocycles. The van der Waals surface area contributed by atoms with Crippen LogP contribution in [0.25, 0.3) is 11.4 Å². The van der Waals surface area contributed by atoms with Crippen molar-refractivity contribution in [3.8, 4) is 28.6 Å². The number of aromatic nitrogens is 3. The van der Waals surface area contributed by atoms with E-state index in [1.807, 2.05) is 26.0 Å². The van der Waals surface area contributed by atoms with E-state index in [0.717, 1.165) is 31.2 Å². The number of carbonyl (C=O) groups is 2. The molecule has 2 aromatic rings. The topological polar surface area (TPSA) is 117 Å². The summed E-state index contributed by atoms with van der Waals surface area (Å²) in [6.45, 7) is 3.66. The van der Waals surface area contributed by atoms with Crippen LogP contribution < -0.4 is 24.8 Å². The number of hydrogen-bond donors (Lipinski definition) is 2. The molecule has 1 saturated carbocycles. The summed E-state index contributed by atoms with van der Waals surface area (Å²) in [5.74, 6) is 1.89. The largest absolute Gasteiger partial charge is 0.493 e. The fourth-order valence-electron chi connectivity index (χ4n) is 4.04. The summed E-state index contributed by atoms with van der Waals surface area (Å²) >= 11 is 1.26. The Bertz CT molecular complexity index is 979. The summed E-state index contributed by atoms with van der Waals surface area (Å²) in [5, 5.41) is 14.5. The Morgan fingerprint density at radius 3 is 2.26 bits per heavy atom. The van der Waals surface area contributed by atoms with E-state index in [0.29, 0.717) is 28.2 Å². The van der Waals surface area contributed by atoms with Gasteiger partial charge in [-0.1, -0.05) is 31.0 Å². The third kappa shape index (κ3) is 6.13. The van der Waals surface area contributed by atoms with Gasteiger partial charge in [0, 0.05) is 17.6 Å². The van der Waals surface area contributed by atoms with E-state index in [1.54, 1.807) is 21.3 Å². The third-order valence-electron chi connectivity index (χ3n) is 5.53. The smallest absolute Gasteiger partial charge is 0.321 e. The Morgan fingerprint density at radius 1 is 1.06 bits per heavy atom. The number of nitrogens with one attached hydrogen (secondary N) is 2. The Labute approximate surface area is 204 Å². The predicted octanol–water partition coefficient (Wildman–Crippen LogP) is 3.80. The normalized spacial score (nSPS) is 14.1. The van der Waals surface area contributed by atoms with Gasteiger partial charge in [-0.05, 0) is 38.8 Å². The number of ether oxygens (including phenoxy) is 3. The van der Waals surface area contributed by atoms with Gasteiger partial charge in [0.1, 0.15) is 0 Å². The summed E-state index contributed by atoms with van der Waals surface area (Å²) in [7, 11) is 4.70. The standard InChI is InChI=1S/C23H33N5O5S/c1-14(2)24-22(30)25-19(29)13-34-23-27-26-21(28(23)16-9-7-6-8-10-16)15-11-17(31-3)20(33-5)18(12-15)32-4/h11-12,14,16H,6-10,13H2,1-5H3,(H2,24,25,29,30). The molecule has 0 radical (unpaired) electrons. The minimum Gasteiger partial charge on any atom is -0.493 e. The van der Waals surface area contributed by atoms with Crippen LogP contribution in [0.2, 0.25) is 0 Å². The van der Waals surface area contributed by atoms with Crippen molar-refractivity contribution in [2.24, 2.45) is 0 Å². The average molecular weight is 492 g/mol. The lowest BCUT2D eigenvalue weighted by Crippen LogP contribution is -2.43. The van der Waals surface area contributed by atoms with Gasteiger partial charge in [0.25, 0.3) is 0 Å². The number of imide groups is 1. The number of carbonyl (C=O) groups excluding carboxylic acids is 2. The zero-order valence-corrected chi connectivity index (χ0v) is 21.2. The molecule has 2 N–H and O–H groups in total. The molecule has 3 rings (SSSR count). The molecule has 1 aromatic heterocycles. The molecule has 10 nitrogen and oxygen atoms in total. The molecule has 186 valence electrons. The van der Waals surface area contributed by atoms with Crippen molar-refractivity contribution in [2.45, 2.75) is 63.2 Å². The SMILES string of the molecule is COc1cc(-c2nnc(SCC(=O)NC(=O)NC(C)C)n2C2CCCCC2)cc(OC)c1OC. The maximum Gasteiger partial charge on any atom is 0.321 e. The summed E-state index contributed by atoms with van der Waals surface area (Å²) in [5.41, 5.74) is 0.778. The lowest BCUT2D eigenvalue weighted by atomic mass is 9.95. The van der Waals surface area contributed by atoms with Crippen LogP contribution in [-0.4, -0.2) is 59.8 Å². The van der Waals surface area contributed by atoms with Gasteiger partial charge in [0.2, 0.25) is 11.7 Å². The molecule has 1 aromatic carbocycles. The second kappa shape index (κ2) is 12.0. The van der Waals surface area contributed by atoms with E-state index in [2.05, 4.69) is 25.4 Å². The molecule has 0 unspecified atom stereocenters. The van der Waals surface area contributed by atoms with Gasteiger partial charge in [0.15, 0.2) is 22.5 Å². The molecule has 1 aliphatic rings. The van der Waals surface area contributed by atoms with Gasteiger partial charge < -0.3 is 19.5 Å². The van der Waals surface area contributed by atoms with Crippen molar-refractivity contribution in [1.29, 1.82) is 0 Å². The molecule has 0 aliphatic heterocycles. The van der Waals surface area contributed by atoms with E-state index < -0.39 is 11.9 Å². The minimum atomic E-state index is -0.507. The number of amides is 3. The van der Waals surface area contributed by atoms with E-state index in [-0.39, 0.29) is 17.8 Å². The highest BCUT2D eigenvalue weighted by Crippen LogP contribution is 2.42. The summed E-state index contributed by atoms with van der Waals surface area (Å²) in [6.07, 6.45) is 5.46. The first-order valence-electron chi connectivity index (χ1n) is 11.4. The molecule has 1 fully saturated rings. The van der Waals surface area contributed by atoms with Gasteiger partial charge in [0.05, 0.1) is 27.1 Å². The summed E-state index contributed by atoms with van der Waals surface area (Å²) < 4.78 is 18.6. The van der Waals surface area contributed by atoms with Gasteiger partial charge in [-0.3, -0.25) is 14.7 Å². The van der Waals surface area contributed by atoms with Crippen molar-refractivity contribution in [2.75, 3.05) is 27.1 Å². The van der Waals surface area contributed by atoms with Crippen LogP contribution in [0.1, 0.15) is 52.0 Å². The average Bonchev–Trinajstić information content (AvgIpc) is 3.25. The molecule has 0 saturated heterocycles. The van der Waals surface area contributed by atoms with Gasteiger partial charge in [-0.15, -0.1) is 10.2 Å². The number of rotatable bonds is 9. The van der Waals surface area contributed by atoms with Crippen LogP contribution in [0.5, 0.6) is 17.2 Å². The number of benzene rings is 1. The zero-order chi connectivity index (χ0) is 24.7. The fraction of sp³-hybridized carbons (Fsp3) is 0.565. The zero-order valence-electron chi connectivity index (χ0n) is 20.3. The van der Waals surface area contributed by atoms with Crippen molar-refractivity contribution < 1.29 is 23.8 Å². The lowest BCUT2D eigenvalue weighted by Gasteiger charge is -2.26. The Hall–Kier alpha value is -2.95. The van der Waals surface area contributed by atoms with Crippen LogP contribution in [0.4, 0.5) is 4.79 Å². The summed E-state index contributed by atoms with van der Waals surface area (Å²) in [6, 6.07) is 3.35. The van der Waals surface area contributed by atoms with Crippen molar-refractivity contribution >= 4 is 23.7 Å². The molecule has 0 bridgehead atoms. The first-order chi connectivity index (χ1) is 16.4. The van der Waals surface area contributed by atoms with Crippen molar-refractivity contribution in [3.05, 3.63) is 12.1 Å². The molecular weight excluding hydrogens is 458 g/mol. The van der Waals surface area contributed by atoms with Crippen LogP contribution in [0.3, 0.4) is 0 Å². The van der Waals surface area contributed by atoms with E-state index in [4.69, 9.17) is 14.2 Å². The molecule has 34 heavy (non-hydrogen) atoms. The molecule has 3 amide bonds. The fourth-order valence-corrected chi connectivity index (χ4v) is 4.85. The van der Waals surface area contributed by atoms with Gasteiger partial charge in [-0.25, -0.2) is 4.79 Å². The van der Waals surface area contributed by atoms with E-state index in [9.17, 15) is 9.59 Å². The van der Waals surface area contributed by atoms with Crippen LogP contribution in [0, 0.1) is 0 Å². The quantitative estimate of drug-likeness (QED) is 0.509. The maximum atomic E-state index is 12.3. The Morgan fingerprint density at radius 2 is 1.71 bits per heavy atom. The highest BCUT2D eigenvalue weighted by atomic mass is 32.2. The molecule has 11 heteroatoms. The highest BCUT2D eigenvalue weighted by molar-refractivity contribution is 7.99. The Kier molecular flexibility index (Phi) is 9.03. The monoisotopic (exact) mass is 491 g/mol. The van der Waals surface area contributed by atoms with Crippen LogP contribution in [-0.2, 0) is 4.79 Å². The number of nitrogens with zero attached hydrogens (tertiary/aromatic N) is 3. The van der Waals surface area contributed by atoms with E-state index in [1.165, 1.54) is 18.2 Å². The summed E-state index contributed by atoms with van der Waals surface area (Å²) in [4.78, 5) is 24.1. The molecular formula is C23H33N5O5S. The molecule has 1 heterocycles. The molecule has 0 atom stereocenters. The molecule has 0 spiro atoms. The maximum absolute atomic E-state index is 12.3. The number of thioether (sulfide) groups is 1. The van der Waals surface area contributed by atoms with Gasteiger partial charge >= 0.3 is 6.03 Å². The minimum absolute atomic E-state index is 0.0472.